The highest BCUT2D eigenvalue weighted by atomic mass is 32.2. The van der Waals surface area contributed by atoms with E-state index in [-0.39, 0.29) is 10.7 Å². The van der Waals surface area contributed by atoms with Gasteiger partial charge in [-0.15, -0.1) is 0 Å². The summed E-state index contributed by atoms with van der Waals surface area (Å²) in [6, 6.07) is 15.9. The molecule has 1 heterocycles. The lowest BCUT2D eigenvalue weighted by Gasteiger charge is -2.25. The number of pyridine rings is 1. The predicted octanol–water partition coefficient (Wildman–Crippen LogP) is 19.1. The van der Waals surface area contributed by atoms with Gasteiger partial charge in [0.2, 0.25) is 0 Å². The predicted molar refractivity (Wildman–Crippen MR) is 297 cm³/mol. The molecule has 69 heavy (non-hydrogen) atoms. The van der Waals surface area contributed by atoms with Gasteiger partial charge in [-0.25, -0.2) is 17.4 Å². The molecule has 0 saturated carbocycles. The van der Waals surface area contributed by atoms with Gasteiger partial charge in [-0.05, 0) is 62.6 Å². The number of halogens is 1. The number of benzene rings is 2. The summed E-state index contributed by atoms with van der Waals surface area (Å²) in [6.45, 7) is 11.6. The minimum absolute atomic E-state index is 0.117. The number of nitrogens with zero attached hydrogens (tertiary/aromatic N) is 2. The SMILES string of the molecule is CCCCCCCCCCCCCCCCCCCCN(CCCCCCCCCCCCCCCCCCCC)c1ccc(C=Cc2cc[n+](CC)cc2)c(F)c1.Cc1ccc(S(=O)(=O)[O-])cc1. The molecule has 0 fully saturated rings. The minimum Gasteiger partial charge on any atom is -0.744 e. The summed E-state index contributed by atoms with van der Waals surface area (Å²) in [5.41, 5.74) is 3.74. The maximum Gasteiger partial charge on any atom is 0.169 e. The Morgan fingerprint density at radius 1 is 0.478 bits per heavy atom. The highest BCUT2D eigenvalue weighted by Gasteiger charge is 2.10. The number of anilines is 1. The van der Waals surface area contributed by atoms with Crippen molar-refractivity contribution in [1.29, 1.82) is 0 Å². The van der Waals surface area contributed by atoms with Crippen LogP contribution in [0, 0.1) is 12.7 Å². The van der Waals surface area contributed by atoms with Gasteiger partial charge in [0, 0.05) is 36.5 Å². The molecule has 3 aromatic rings. The van der Waals surface area contributed by atoms with E-state index in [4.69, 9.17) is 0 Å². The average molecular weight is 976 g/mol. The van der Waals surface area contributed by atoms with E-state index in [9.17, 15) is 13.0 Å². The van der Waals surface area contributed by atoms with E-state index < -0.39 is 10.1 Å². The Balaban J connectivity index is 0.00000130. The Hall–Kier alpha value is -3.03. The van der Waals surface area contributed by atoms with Crippen molar-refractivity contribution in [3.8, 4) is 0 Å². The summed E-state index contributed by atoms with van der Waals surface area (Å²) in [5.74, 6) is -0.117. The number of unbranched alkanes of at least 4 members (excludes halogenated alkanes) is 34. The van der Waals surface area contributed by atoms with Crippen molar-refractivity contribution in [2.75, 3.05) is 18.0 Å². The van der Waals surface area contributed by atoms with Crippen LogP contribution in [0.2, 0.25) is 0 Å². The second kappa shape index (κ2) is 42.6. The van der Waals surface area contributed by atoms with Gasteiger partial charge in [-0.1, -0.05) is 262 Å². The van der Waals surface area contributed by atoms with Crippen LogP contribution in [0.5, 0.6) is 0 Å². The molecular weight excluding hydrogens is 872 g/mol. The lowest BCUT2D eigenvalue weighted by Crippen LogP contribution is -2.30. The highest BCUT2D eigenvalue weighted by Crippen LogP contribution is 2.23. The molecule has 0 N–H and O–H groups in total. The smallest absolute Gasteiger partial charge is 0.169 e. The standard InChI is InChI=1S/C55H96FN2.C7H8O3S/c1-4-7-9-11-13-15-17-19-21-23-25-27-29-31-33-35-37-39-47-58(54-44-43-53(55(56)51-54)42-41-52-45-49-57(6-3)50-46-52)48-40-38-36-34-32-30-28-26-24-22-20-18-16-14-12-10-8-5-2;1-6-2-4-7(5-3-6)11(8,9)10/h41-46,49-51H,4-40,47-48H2,1-3H3;2-5H,1H3,(H,8,9,10)/q+1;/p-1. The van der Waals surface area contributed by atoms with Crippen LogP contribution in [0.25, 0.3) is 12.2 Å². The first-order valence-electron chi connectivity index (χ1n) is 28.9. The van der Waals surface area contributed by atoms with Gasteiger partial charge >= 0.3 is 0 Å². The Bertz CT molecular complexity index is 1720. The van der Waals surface area contributed by atoms with E-state index in [1.165, 1.54) is 243 Å². The highest BCUT2D eigenvalue weighted by molar-refractivity contribution is 7.85. The molecule has 0 atom stereocenters. The molecular formula is C62H103FN2O3S. The monoisotopic (exact) mass is 975 g/mol. The number of hydrogen-bond acceptors (Lipinski definition) is 4. The summed E-state index contributed by atoms with van der Waals surface area (Å²) in [4.78, 5) is 2.30. The fourth-order valence-electron chi connectivity index (χ4n) is 9.31. The Morgan fingerprint density at radius 3 is 1.14 bits per heavy atom. The summed E-state index contributed by atoms with van der Waals surface area (Å²) < 4.78 is 48.8. The first kappa shape index (κ1) is 62.1. The molecule has 0 radical (unpaired) electrons. The van der Waals surface area contributed by atoms with Crippen molar-refractivity contribution in [1.82, 2.24) is 0 Å². The summed E-state index contributed by atoms with van der Waals surface area (Å²) in [7, 11) is -4.27. The van der Waals surface area contributed by atoms with Crippen molar-refractivity contribution >= 4 is 28.0 Å². The molecule has 392 valence electrons. The molecule has 0 aliphatic carbocycles. The molecule has 5 nitrogen and oxygen atoms in total. The molecule has 0 bridgehead atoms. The van der Waals surface area contributed by atoms with E-state index in [2.05, 4.69) is 60.8 Å². The normalized spacial score (nSPS) is 11.6. The van der Waals surface area contributed by atoms with Crippen LogP contribution in [0.15, 0.2) is 71.9 Å². The Morgan fingerprint density at radius 2 is 0.826 bits per heavy atom. The van der Waals surface area contributed by atoms with Gasteiger partial charge in [-0.3, -0.25) is 0 Å². The second-order valence-electron chi connectivity index (χ2n) is 20.3. The van der Waals surface area contributed by atoms with Gasteiger partial charge in [0.1, 0.15) is 22.5 Å². The number of hydrogen-bond donors (Lipinski definition) is 0. The summed E-state index contributed by atoms with van der Waals surface area (Å²) in [6.07, 6.45) is 58.5. The third-order valence-corrected chi connectivity index (χ3v) is 14.8. The molecule has 0 spiro atoms. The Kier molecular flexibility index (Phi) is 38.4. The van der Waals surface area contributed by atoms with Crippen LogP contribution >= 0.6 is 0 Å². The van der Waals surface area contributed by atoms with Crippen molar-refractivity contribution in [2.24, 2.45) is 0 Å². The van der Waals surface area contributed by atoms with Crippen LogP contribution in [0.4, 0.5) is 10.1 Å². The van der Waals surface area contributed by atoms with Crippen molar-refractivity contribution < 1.29 is 21.9 Å². The third kappa shape index (κ3) is 34.1. The molecule has 0 amide bonds. The van der Waals surface area contributed by atoms with E-state index in [1.807, 2.05) is 25.1 Å². The zero-order chi connectivity index (χ0) is 49.9. The lowest BCUT2D eigenvalue weighted by atomic mass is 10.0. The van der Waals surface area contributed by atoms with Crippen LogP contribution < -0.4 is 9.47 Å². The quantitative estimate of drug-likeness (QED) is 0.0322. The second-order valence-corrected chi connectivity index (χ2v) is 21.7. The van der Waals surface area contributed by atoms with E-state index in [1.54, 1.807) is 18.2 Å². The Labute approximate surface area is 425 Å². The van der Waals surface area contributed by atoms with Crippen molar-refractivity contribution in [3.05, 3.63) is 89.5 Å². The topological polar surface area (TPSA) is 64.3 Å². The number of aromatic nitrogens is 1. The zero-order valence-electron chi connectivity index (χ0n) is 45.0. The van der Waals surface area contributed by atoms with Gasteiger partial charge in [0.05, 0.1) is 4.90 Å². The molecule has 0 aliphatic rings. The van der Waals surface area contributed by atoms with Crippen LogP contribution in [0.3, 0.4) is 0 Å². The number of aryl methyl sites for hydroxylation is 2. The first-order valence-corrected chi connectivity index (χ1v) is 30.3. The molecule has 0 saturated heterocycles. The average Bonchev–Trinajstić information content (AvgIpc) is 3.34. The fourth-order valence-corrected chi connectivity index (χ4v) is 9.78. The first-order chi connectivity index (χ1) is 33.7. The third-order valence-electron chi connectivity index (χ3n) is 14.0. The van der Waals surface area contributed by atoms with E-state index in [0.717, 1.165) is 36.4 Å². The van der Waals surface area contributed by atoms with Crippen LogP contribution in [-0.2, 0) is 16.7 Å². The van der Waals surface area contributed by atoms with Crippen LogP contribution in [-0.4, -0.2) is 26.1 Å². The molecule has 0 unspecified atom stereocenters. The minimum atomic E-state index is -4.27. The molecule has 7 heteroatoms. The molecule has 1 aromatic heterocycles. The van der Waals surface area contributed by atoms with Gasteiger partial charge in [-0.2, -0.15) is 0 Å². The van der Waals surface area contributed by atoms with E-state index in [0.29, 0.717) is 5.56 Å². The molecule has 3 rings (SSSR count). The summed E-state index contributed by atoms with van der Waals surface area (Å²) in [5, 5.41) is 0. The largest absolute Gasteiger partial charge is 0.744 e. The number of rotatable bonds is 43. The van der Waals surface area contributed by atoms with Crippen molar-refractivity contribution in [2.45, 2.75) is 270 Å². The van der Waals surface area contributed by atoms with Gasteiger partial charge in [0.15, 0.2) is 12.4 Å². The maximum atomic E-state index is 15.5. The maximum absolute atomic E-state index is 15.5. The zero-order valence-corrected chi connectivity index (χ0v) is 45.8. The molecule has 2 aromatic carbocycles. The lowest BCUT2D eigenvalue weighted by molar-refractivity contribution is -0.693. The van der Waals surface area contributed by atoms with Gasteiger partial charge < -0.3 is 9.45 Å². The van der Waals surface area contributed by atoms with Crippen molar-refractivity contribution in [3.63, 3.8) is 0 Å². The summed E-state index contributed by atoms with van der Waals surface area (Å²) >= 11 is 0. The van der Waals surface area contributed by atoms with E-state index >= 15 is 4.39 Å². The van der Waals surface area contributed by atoms with Crippen LogP contribution in [0.1, 0.15) is 269 Å². The molecule has 0 aliphatic heterocycles. The van der Waals surface area contributed by atoms with Gasteiger partial charge in [0.25, 0.3) is 0 Å². The fraction of sp³-hybridized carbons (Fsp3) is 0.694.